The van der Waals surface area contributed by atoms with Crippen LogP contribution in [0.25, 0.3) is 10.4 Å². The van der Waals surface area contributed by atoms with Crippen molar-refractivity contribution in [3.05, 3.63) is 59.8 Å². The number of hydrogen-bond acceptors (Lipinski definition) is 6. The van der Waals surface area contributed by atoms with Crippen LogP contribution >= 0.6 is 11.3 Å². The fourth-order valence-corrected chi connectivity index (χ4v) is 7.33. The number of amides is 1. The van der Waals surface area contributed by atoms with Crippen molar-refractivity contribution in [3.63, 3.8) is 0 Å². The van der Waals surface area contributed by atoms with Gasteiger partial charge in [0.2, 0.25) is 5.91 Å². The summed E-state index contributed by atoms with van der Waals surface area (Å²) in [5, 5.41) is 10.7. The summed E-state index contributed by atoms with van der Waals surface area (Å²) in [7, 11) is 3.36. The third kappa shape index (κ3) is 6.36. The molecule has 6 nitrogen and oxygen atoms in total. The van der Waals surface area contributed by atoms with Gasteiger partial charge in [0, 0.05) is 24.3 Å². The second-order valence-corrected chi connectivity index (χ2v) is 12.7. The normalized spacial score (nSPS) is 24.9. The topological polar surface area (TPSA) is 71.9 Å². The average molecular weight is 563 g/mol. The lowest BCUT2D eigenvalue weighted by atomic mass is 9.72. The van der Waals surface area contributed by atoms with Gasteiger partial charge in [-0.3, -0.25) is 4.79 Å². The zero-order valence-electron chi connectivity index (χ0n) is 24.1. The van der Waals surface area contributed by atoms with E-state index < -0.39 is 0 Å². The number of carbonyl (C=O) groups is 1. The van der Waals surface area contributed by atoms with Gasteiger partial charge in [-0.1, -0.05) is 42.5 Å². The number of aryl methyl sites for hydroxylation is 1. The summed E-state index contributed by atoms with van der Waals surface area (Å²) in [6.45, 7) is 5.19. The molecular weight excluding hydrogens is 520 g/mol. The van der Waals surface area contributed by atoms with Crippen molar-refractivity contribution in [1.29, 1.82) is 0 Å². The standard InChI is InChI=1S/C33H42N2O4S/c1-21-16-24(25-12-15-30(38-3)22(2)17-25)8-9-27(21)20-35(32(37)23-10-13-29(36)14-11-23)28-7-5-6-26(18-28)31-19-34-33(39-4)40-31/h5-7,12,15,17-19,21,23-24,27,29,36H,8-11,13-14,16,20H2,1-4H3. The Balaban J connectivity index is 1.36. The molecule has 214 valence electrons. The van der Waals surface area contributed by atoms with E-state index >= 15 is 0 Å². The third-order valence-electron chi connectivity index (χ3n) is 9.07. The first-order valence-corrected chi connectivity index (χ1v) is 15.4. The Labute approximate surface area is 242 Å². The number of aromatic nitrogens is 1. The van der Waals surface area contributed by atoms with E-state index in [-0.39, 0.29) is 17.9 Å². The lowest BCUT2D eigenvalue weighted by Gasteiger charge is -2.39. The van der Waals surface area contributed by atoms with E-state index in [1.54, 1.807) is 14.2 Å². The fourth-order valence-electron chi connectivity index (χ4n) is 6.60. The first kappa shape index (κ1) is 28.6. The molecular formula is C33H42N2O4S. The van der Waals surface area contributed by atoms with E-state index in [0.29, 0.717) is 35.8 Å². The number of aliphatic hydroxyl groups is 1. The highest BCUT2D eigenvalue weighted by atomic mass is 32.1. The van der Waals surface area contributed by atoms with Crippen molar-refractivity contribution in [2.45, 2.75) is 70.8 Å². The predicted molar refractivity (Wildman–Crippen MR) is 161 cm³/mol. The average Bonchev–Trinajstić information content (AvgIpc) is 3.46. The number of ether oxygens (including phenoxy) is 2. The second-order valence-electron chi connectivity index (χ2n) is 11.7. The minimum atomic E-state index is -0.279. The fraction of sp³-hybridized carbons (Fsp3) is 0.515. The second kappa shape index (κ2) is 12.7. The number of carbonyl (C=O) groups excluding carboxylic acids is 1. The van der Waals surface area contributed by atoms with Gasteiger partial charge in [0.05, 0.1) is 25.2 Å². The van der Waals surface area contributed by atoms with Crippen molar-refractivity contribution in [2.75, 3.05) is 25.7 Å². The highest BCUT2D eigenvalue weighted by molar-refractivity contribution is 7.16. The molecule has 2 fully saturated rings. The van der Waals surface area contributed by atoms with Crippen LogP contribution in [0.4, 0.5) is 5.69 Å². The molecule has 0 bridgehead atoms. The van der Waals surface area contributed by atoms with Gasteiger partial charge in [0.25, 0.3) is 5.19 Å². The molecule has 5 rings (SSSR count). The van der Waals surface area contributed by atoms with Crippen LogP contribution in [0.2, 0.25) is 0 Å². The minimum Gasteiger partial charge on any atom is -0.496 e. The number of thiazole rings is 1. The van der Waals surface area contributed by atoms with Crippen LogP contribution in [-0.2, 0) is 4.79 Å². The van der Waals surface area contributed by atoms with Gasteiger partial charge in [-0.15, -0.1) is 0 Å². The molecule has 1 aromatic heterocycles. The molecule has 2 saturated carbocycles. The summed E-state index contributed by atoms with van der Waals surface area (Å²) >= 11 is 1.51. The largest absolute Gasteiger partial charge is 0.496 e. The van der Waals surface area contributed by atoms with Gasteiger partial charge in [0.15, 0.2) is 0 Å². The molecule has 0 aliphatic heterocycles. The van der Waals surface area contributed by atoms with Gasteiger partial charge >= 0.3 is 0 Å². The van der Waals surface area contributed by atoms with Crippen LogP contribution in [-0.4, -0.2) is 42.9 Å². The molecule has 0 spiro atoms. The minimum absolute atomic E-state index is 0.0375. The monoisotopic (exact) mass is 562 g/mol. The molecule has 3 atom stereocenters. The molecule has 3 aromatic rings. The van der Waals surface area contributed by atoms with Crippen LogP contribution in [0.15, 0.2) is 48.7 Å². The molecule has 0 saturated heterocycles. The molecule has 7 heteroatoms. The zero-order valence-corrected chi connectivity index (χ0v) is 25.0. The van der Waals surface area contributed by atoms with Crippen LogP contribution in [0.1, 0.15) is 68.9 Å². The molecule has 1 heterocycles. The summed E-state index contributed by atoms with van der Waals surface area (Å²) < 4.78 is 10.8. The Bertz CT molecular complexity index is 1300. The van der Waals surface area contributed by atoms with Crippen molar-refractivity contribution >= 4 is 22.9 Å². The number of rotatable bonds is 8. The predicted octanol–water partition coefficient (Wildman–Crippen LogP) is 7.24. The smallest absolute Gasteiger partial charge is 0.273 e. The maximum Gasteiger partial charge on any atom is 0.273 e. The number of nitrogens with zero attached hydrogens (tertiary/aromatic N) is 2. The van der Waals surface area contributed by atoms with Gasteiger partial charge in [-0.25, -0.2) is 4.98 Å². The van der Waals surface area contributed by atoms with Gasteiger partial charge < -0.3 is 19.5 Å². The Morgan fingerprint density at radius 2 is 1.85 bits per heavy atom. The van der Waals surface area contributed by atoms with Crippen molar-refractivity contribution in [1.82, 2.24) is 4.98 Å². The number of aliphatic hydroxyl groups excluding tert-OH is 1. The molecule has 2 aliphatic rings. The number of methoxy groups -OCH3 is 2. The van der Waals surface area contributed by atoms with E-state index in [4.69, 9.17) is 9.47 Å². The zero-order chi connectivity index (χ0) is 28.2. The van der Waals surface area contributed by atoms with Crippen LogP contribution in [0, 0.1) is 24.7 Å². The van der Waals surface area contributed by atoms with Gasteiger partial charge in [-0.05, 0) is 105 Å². The molecule has 40 heavy (non-hydrogen) atoms. The summed E-state index contributed by atoms with van der Waals surface area (Å²) in [5.74, 6) is 2.56. The van der Waals surface area contributed by atoms with E-state index in [1.165, 1.54) is 22.5 Å². The SMILES string of the molecule is COc1ncc(-c2cccc(N(CC3CCC(c4ccc(OC)c(C)c4)CC3C)C(=O)C3CCC(O)CC3)c2)s1. The maximum atomic E-state index is 14.1. The van der Waals surface area contributed by atoms with Crippen molar-refractivity contribution in [2.24, 2.45) is 17.8 Å². The summed E-state index contributed by atoms with van der Waals surface area (Å²) in [5.41, 5.74) is 4.57. The number of benzene rings is 2. The molecule has 3 unspecified atom stereocenters. The Morgan fingerprint density at radius 1 is 1.05 bits per heavy atom. The van der Waals surface area contributed by atoms with Crippen LogP contribution in [0.3, 0.4) is 0 Å². The van der Waals surface area contributed by atoms with E-state index in [9.17, 15) is 9.90 Å². The lowest BCUT2D eigenvalue weighted by Crippen LogP contribution is -2.43. The van der Waals surface area contributed by atoms with Crippen molar-refractivity contribution in [3.8, 4) is 21.4 Å². The van der Waals surface area contributed by atoms with Crippen LogP contribution < -0.4 is 14.4 Å². The maximum absolute atomic E-state index is 14.1. The van der Waals surface area contributed by atoms with E-state index in [1.807, 2.05) is 12.3 Å². The lowest BCUT2D eigenvalue weighted by molar-refractivity contribution is -0.124. The van der Waals surface area contributed by atoms with Crippen molar-refractivity contribution < 1.29 is 19.4 Å². The van der Waals surface area contributed by atoms with E-state index in [2.05, 4.69) is 60.1 Å². The Kier molecular flexibility index (Phi) is 9.11. The van der Waals surface area contributed by atoms with Crippen LogP contribution in [0.5, 0.6) is 10.9 Å². The summed E-state index contributed by atoms with van der Waals surface area (Å²) in [6.07, 6.45) is 7.80. The number of hydrogen-bond donors (Lipinski definition) is 1. The molecule has 0 radical (unpaired) electrons. The first-order chi connectivity index (χ1) is 19.4. The third-order valence-corrected chi connectivity index (χ3v) is 10.1. The van der Waals surface area contributed by atoms with Gasteiger partial charge in [0.1, 0.15) is 5.75 Å². The summed E-state index contributed by atoms with van der Waals surface area (Å²) in [6, 6.07) is 14.9. The number of anilines is 1. The molecule has 2 aromatic carbocycles. The molecule has 1 N–H and O–H groups in total. The van der Waals surface area contributed by atoms with Gasteiger partial charge in [-0.2, -0.15) is 0 Å². The molecule has 1 amide bonds. The van der Waals surface area contributed by atoms with E-state index in [0.717, 1.165) is 60.5 Å². The first-order valence-electron chi connectivity index (χ1n) is 14.6. The quantitative estimate of drug-likeness (QED) is 0.313. The summed E-state index contributed by atoms with van der Waals surface area (Å²) in [4.78, 5) is 21.5. The Hall–Kier alpha value is -2.90. The Morgan fingerprint density at radius 3 is 2.52 bits per heavy atom. The highest BCUT2D eigenvalue weighted by Crippen LogP contribution is 2.42. The molecule has 2 aliphatic carbocycles. The highest BCUT2D eigenvalue weighted by Gasteiger charge is 2.35.